The number of H-pyrrole nitrogens is 1. The van der Waals surface area contributed by atoms with E-state index in [1.165, 1.54) is 96.3 Å². The minimum absolute atomic E-state index is 0. The molecule has 0 aliphatic carbocycles. The summed E-state index contributed by atoms with van der Waals surface area (Å²) in [6.07, 6.45) is 23.7. The lowest BCUT2D eigenvalue weighted by atomic mass is 10.0. The van der Waals surface area contributed by atoms with E-state index in [-0.39, 0.29) is 29.7 Å². The summed E-state index contributed by atoms with van der Waals surface area (Å²) in [5, 5.41) is 5.92. The van der Waals surface area contributed by atoms with E-state index in [0.29, 0.717) is 26.4 Å². The Hall–Kier alpha value is -1.48. The number of carbonyl (C=O) groups excluding carboxylic acids is 1. The first-order chi connectivity index (χ1) is 20.3. The van der Waals surface area contributed by atoms with Gasteiger partial charge in [-0.15, -0.1) is 0 Å². The van der Waals surface area contributed by atoms with E-state index in [2.05, 4.69) is 17.2 Å². The summed E-state index contributed by atoms with van der Waals surface area (Å²) >= 11 is 1.64. The van der Waals surface area contributed by atoms with Crippen LogP contribution in [0.5, 0.6) is 0 Å². The van der Waals surface area contributed by atoms with Crippen LogP contribution in [0.15, 0.2) is 41.9 Å². The first-order valence-corrected chi connectivity index (χ1v) is 17.2. The molecule has 0 spiro atoms. The van der Waals surface area contributed by atoms with Crippen molar-refractivity contribution in [1.29, 1.82) is 0 Å². The van der Waals surface area contributed by atoms with Gasteiger partial charge in [-0.25, -0.2) is 9.78 Å². The number of alkyl carbamates (subject to hydrolysis) is 1. The molecule has 2 N–H and O–H groups in total. The number of carbonyl (C=O) groups is 1. The summed E-state index contributed by atoms with van der Waals surface area (Å²) in [7, 11) is 0. The Morgan fingerprint density at radius 1 is 0.833 bits per heavy atom. The van der Waals surface area contributed by atoms with Gasteiger partial charge in [0, 0.05) is 13.2 Å². The van der Waals surface area contributed by atoms with Gasteiger partial charge < -0.3 is 36.5 Å². The van der Waals surface area contributed by atoms with Crippen LogP contribution in [0.25, 0.3) is 0 Å². The Kier molecular flexibility index (Phi) is 26.0. The highest BCUT2D eigenvalue weighted by molar-refractivity contribution is 7.09. The van der Waals surface area contributed by atoms with Gasteiger partial charge in [0.05, 0.1) is 25.0 Å². The Balaban J connectivity index is 0.00000882. The standard InChI is InChI=1S/C34H56N2O4S.BrH/c1-2-3-4-5-6-7-8-9-10-11-12-13-14-15-16-20-26-38-29-32(39-28-31-21-18-17-19-22-31)30-40-34(37)36-24-23-33-35-25-27-41-33;/h17-19,21-22,25,27,32H,2-16,20,23-24,26,28-30H2,1H3,(H,36,37);1H. The zero-order chi connectivity index (χ0) is 29.1. The highest BCUT2D eigenvalue weighted by Gasteiger charge is 2.14. The zero-order valence-corrected chi connectivity index (χ0v) is 28.5. The van der Waals surface area contributed by atoms with Crippen molar-refractivity contribution in [1.82, 2.24) is 5.32 Å². The number of benzene rings is 1. The molecule has 1 aromatic heterocycles. The van der Waals surface area contributed by atoms with Crippen LogP contribution in [-0.4, -0.2) is 38.6 Å². The van der Waals surface area contributed by atoms with Gasteiger partial charge in [-0.2, -0.15) is 0 Å². The Labute approximate surface area is 270 Å². The van der Waals surface area contributed by atoms with Crippen LogP contribution in [0.3, 0.4) is 0 Å². The van der Waals surface area contributed by atoms with Crippen molar-refractivity contribution in [3.63, 3.8) is 0 Å². The van der Waals surface area contributed by atoms with Crippen LogP contribution in [0.1, 0.15) is 120 Å². The summed E-state index contributed by atoms with van der Waals surface area (Å²) in [5.74, 6) is 0. The van der Waals surface area contributed by atoms with Crippen LogP contribution in [-0.2, 0) is 27.2 Å². The number of nitrogens with one attached hydrogen (secondary N) is 2. The third kappa shape index (κ3) is 22.1. The van der Waals surface area contributed by atoms with Gasteiger partial charge in [0.1, 0.15) is 12.7 Å². The molecule has 0 saturated carbocycles. The highest BCUT2D eigenvalue weighted by Crippen LogP contribution is 2.14. The van der Waals surface area contributed by atoms with Crippen LogP contribution in [0.4, 0.5) is 4.79 Å². The van der Waals surface area contributed by atoms with Crippen molar-refractivity contribution < 1.29 is 41.0 Å². The minimum Gasteiger partial charge on any atom is -1.00 e. The molecule has 0 aliphatic rings. The second-order valence-corrected chi connectivity index (χ2v) is 12.1. The van der Waals surface area contributed by atoms with Crippen LogP contribution >= 0.6 is 11.3 Å². The van der Waals surface area contributed by atoms with Gasteiger partial charge in [0.15, 0.2) is 6.20 Å². The molecule has 0 aliphatic heterocycles. The molecule has 240 valence electrons. The number of hydrogen-bond acceptors (Lipinski definition) is 5. The van der Waals surface area contributed by atoms with E-state index in [1.54, 1.807) is 11.3 Å². The number of ether oxygens (including phenoxy) is 3. The molecular formula is C34H57BrN2O4S. The molecule has 2 aromatic rings. The van der Waals surface area contributed by atoms with Crippen molar-refractivity contribution in [2.75, 3.05) is 26.4 Å². The molecule has 1 atom stereocenters. The average molecular weight is 670 g/mol. The summed E-state index contributed by atoms with van der Waals surface area (Å²) < 4.78 is 17.4. The van der Waals surface area contributed by atoms with Gasteiger partial charge >= 0.3 is 6.09 Å². The molecule has 1 heterocycles. The molecule has 2 rings (SSSR count). The Bertz CT molecular complexity index is 841. The Morgan fingerprint density at radius 3 is 2.00 bits per heavy atom. The molecule has 1 amide bonds. The normalized spacial score (nSPS) is 11.6. The maximum Gasteiger partial charge on any atom is 0.407 e. The molecule has 42 heavy (non-hydrogen) atoms. The van der Waals surface area contributed by atoms with E-state index >= 15 is 0 Å². The number of halogens is 1. The monoisotopic (exact) mass is 668 g/mol. The van der Waals surface area contributed by atoms with Crippen molar-refractivity contribution in [2.45, 2.75) is 129 Å². The number of aromatic nitrogens is 1. The van der Waals surface area contributed by atoms with Gasteiger partial charge in [-0.05, 0) is 12.0 Å². The first kappa shape index (κ1) is 38.5. The molecule has 0 saturated heterocycles. The van der Waals surface area contributed by atoms with E-state index < -0.39 is 6.09 Å². The van der Waals surface area contributed by atoms with Crippen molar-refractivity contribution >= 4 is 17.4 Å². The second kappa shape index (κ2) is 28.3. The smallest absolute Gasteiger partial charge is 0.407 e. The topological polar surface area (TPSA) is 70.9 Å². The Morgan fingerprint density at radius 2 is 1.43 bits per heavy atom. The fourth-order valence-corrected chi connectivity index (χ4v) is 5.46. The first-order valence-electron chi connectivity index (χ1n) is 16.4. The van der Waals surface area contributed by atoms with Crippen molar-refractivity contribution in [2.24, 2.45) is 0 Å². The third-order valence-electron chi connectivity index (χ3n) is 7.32. The lowest BCUT2D eigenvalue weighted by Gasteiger charge is -2.18. The number of hydrogen-bond donors (Lipinski definition) is 1. The maximum atomic E-state index is 12.2. The number of unbranched alkanes of at least 4 members (excludes halogenated alkanes) is 15. The average Bonchev–Trinajstić information content (AvgIpc) is 3.51. The SMILES string of the molecule is CCCCCCCCCCCCCCCCCCOCC(COC(=O)NCCc1[nH+]ccs1)OCc1ccccc1.[Br-]. The molecule has 0 fully saturated rings. The minimum atomic E-state index is -0.423. The third-order valence-corrected chi connectivity index (χ3v) is 8.20. The predicted molar refractivity (Wildman–Crippen MR) is 169 cm³/mol. The zero-order valence-electron chi connectivity index (χ0n) is 26.1. The maximum absolute atomic E-state index is 12.2. The van der Waals surface area contributed by atoms with Gasteiger partial charge in [0.2, 0.25) is 5.01 Å². The van der Waals surface area contributed by atoms with E-state index in [9.17, 15) is 4.79 Å². The second-order valence-electron chi connectivity index (χ2n) is 11.1. The van der Waals surface area contributed by atoms with E-state index in [1.807, 2.05) is 41.9 Å². The van der Waals surface area contributed by atoms with Crippen LogP contribution in [0.2, 0.25) is 0 Å². The molecular weight excluding hydrogens is 612 g/mol. The number of aromatic amines is 1. The molecule has 0 radical (unpaired) electrons. The molecule has 6 nitrogen and oxygen atoms in total. The molecule has 0 bridgehead atoms. The summed E-state index contributed by atoms with van der Waals surface area (Å²) in [6, 6.07) is 10.0. The molecule has 1 aromatic carbocycles. The molecule has 1 unspecified atom stereocenters. The number of thiazole rings is 1. The summed E-state index contributed by atoms with van der Waals surface area (Å²) in [6.45, 7) is 4.58. The number of amides is 1. The van der Waals surface area contributed by atoms with Crippen LogP contribution in [0, 0.1) is 0 Å². The van der Waals surface area contributed by atoms with Crippen LogP contribution < -0.4 is 27.3 Å². The fraction of sp³-hybridized carbons (Fsp3) is 0.706. The fourth-order valence-electron chi connectivity index (χ4n) is 4.81. The van der Waals surface area contributed by atoms with E-state index in [0.717, 1.165) is 23.4 Å². The van der Waals surface area contributed by atoms with Crippen molar-refractivity contribution in [3.05, 3.63) is 52.5 Å². The number of rotatable bonds is 27. The van der Waals surface area contributed by atoms with Crippen molar-refractivity contribution in [3.8, 4) is 0 Å². The summed E-state index contributed by atoms with van der Waals surface area (Å²) in [4.78, 5) is 15.3. The molecule has 8 heteroatoms. The van der Waals surface area contributed by atoms with Gasteiger partial charge in [-0.3, -0.25) is 0 Å². The lowest BCUT2D eigenvalue weighted by Crippen LogP contribution is -3.00. The quantitative estimate of drug-likeness (QED) is 0.124. The van der Waals surface area contributed by atoms with Gasteiger partial charge in [0.25, 0.3) is 0 Å². The predicted octanol–water partition coefficient (Wildman–Crippen LogP) is 5.70. The van der Waals surface area contributed by atoms with E-state index in [4.69, 9.17) is 14.2 Å². The highest BCUT2D eigenvalue weighted by atomic mass is 79.9. The largest absolute Gasteiger partial charge is 1.00 e. The summed E-state index contributed by atoms with van der Waals surface area (Å²) in [5.41, 5.74) is 1.09. The lowest BCUT2D eigenvalue weighted by molar-refractivity contribution is -0.382. The van der Waals surface area contributed by atoms with Gasteiger partial charge in [-0.1, -0.05) is 145 Å².